The molecule has 6 heteroatoms. The van der Waals surface area contributed by atoms with Gasteiger partial charge < -0.3 is 15.2 Å². The number of fused-ring (bicyclic) bond motifs is 3. The van der Waals surface area contributed by atoms with Crippen molar-refractivity contribution in [3.8, 4) is 0 Å². The number of aryl methyl sites for hydroxylation is 1. The van der Waals surface area contributed by atoms with Gasteiger partial charge >= 0.3 is 0 Å². The van der Waals surface area contributed by atoms with Crippen molar-refractivity contribution in [2.24, 2.45) is 0 Å². The Hall–Kier alpha value is -2.47. The predicted octanol–water partition coefficient (Wildman–Crippen LogP) is 3.94. The van der Waals surface area contributed by atoms with Crippen LogP contribution in [-0.4, -0.2) is 34.7 Å². The van der Waals surface area contributed by atoms with Gasteiger partial charge in [-0.05, 0) is 37.6 Å². The quantitative estimate of drug-likeness (QED) is 0.566. The maximum absolute atomic E-state index is 12.3. The number of hydrogen-bond donors (Lipinski definition) is 2. The summed E-state index contributed by atoms with van der Waals surface area (Å²) >= 11 is 1.59. The molecule has 1 heterocycles. The van der Waals surface area contributed by atoms with Crippen LogP contribution in [-0.2, 0) is 16.1 Å². The molecule has 2 amide bonds. The van der Waals surface area contributed by atoms with E-state index in [-0.39, 0.29) is 11.8 Å². The number of para-hydroxylation sites is 1. The van der Waals surface area contributed by atoms with E-state index in [4.69, 9.17) is 0 Å². The number of nitrogens with zero attached hydrogens (tertiary/aromatic N) is 1. The molecular formula is C22H27N3O2S. The molecule has 0 radical (unpaired) electrons. The molecule has 0 bridgehead atoms. The molecule has 2 aromatic carbocycles. The van der Waals surface area contributed by atoms with Crippen LogP contribution in [0.15, 0.2) is 47.4 Å². The molecule has 0 aliphatic heterocycles. The van der Waals surface area contributed by atoms with Crippen LogP contribution in [0.3, 0.4) is 0 Å². The summed E-state index contributed by atoms with van der Waals surface area (Å²) < 4.78 is 2.32. The minimum Gasteiger partial charge on any atom is -0.354 e. The molecule has 2 N–H and O–H groups in total. The van der Waals surface area contributed by atoms with Crippen molar-refractivity contribution in [1.29, 1.82) is 0 Å². The van der Waals surface area contributed by atoms with Gasteiger partial charge in [0.2, 0.25) is 11.8 Å². The van der Waals surface area contributed by atoms with Gasteiger partial charge in [0.25, 0.3) is 0 Å². The number of carbonyl (C=O) groups excluding carboxylic acids is 2. The van der Waals surface area contributed by atoms with Crippen LogP contribution in [0.25, 0.3) is 21.8 Å². The van der Waals surface area contributed by atoms with Crippen LogP contribution in [0.4, 0.5) is 0 Å². The molecule has 3 rings (SSSR count). The third-order valence-electron chi connectivity index (χ3n) is 4.72. The molecule has 1 aromatic heterocycles. The average molecular weight is 398 g/mol. The van der Waals surface area contributed by atoms with E-state index in [2.05, 4.69) is 64.6 Å². The fraction of sp³-hybridized carbons (Fsp3) is 0.364. The van der Waals surface area contributed by atoms with Crippen molar-refractivity contribution in [1.82, 2.24) is 15.2 Å². The number of rotatable bonds is 8. The van der Waals surface area contributed by atoms with Crippen LogP contribution >= 0.6 is 11.8 Å². The summed E-state index contributed by atoms with van der Waals surface area (Å²) in [4.78, 5) is 24.9. The van der Waals surface area contributed by atoms with Gasteiger partial charge in [-0.15, -0.1) is 11.8 Å². The Bertz CT molecular complexity index is 996. The van der Waals surface area contributed by atoms with Crippen LogP contribution in [0.1, 0.15) is 27.2 Å². The lowest BCUT2D eigenvalue weighted by atomic mass is 10.1. The largest absolute Gasteiger partial charge is 0.354 e. The second-order valence-corrected chi connectivity index (χ2v) is 7.89. The SMILES string of the molecule is CCCNC(=O)C(CSc1ccc2c(c1)c1ccccc1n2CC)NC(C)=O. The first-order valence-corrected chi connectivity index (χ1v) is 10.7. The number of carbonyl (C=O) groups is 2. The van der Waals surface area contributed by atoms with E-state index in [9.17, 15) is 9.59 Å². The third kappa shape index (κ3) is 4.33. The molecule has 0 fully saturated rings. The average Bonchev–Trinajstić information content (AvgIpc) is 3.02. The summed E-state index contributed by atoms with van der Waals surface area (Å²) in [6.07, 6.45) is 0.865. The van der Waals surface area contributed by atoms with Crippen molar-refractivity contribution >= 4 is 45.4 Å². The second-order valence-electron chi connectivity index (χ2n) is 6.80. The first kappa shape index (κ1) is 20.3. The smallest absolute Gasteiger partial charge is 0.243 e. The maximum Gasteiger partial charge on any atom is 0.243 e. The minimum absolute atomic E-state index is 0.131. The first-order chi connectivity index (χ1) is 13.5. The van der Waals surface area contributed by atoms with Gasteiger partial charge in [0.05, 0.1) is 0 Å². The summed E-state index contributed by atoms with van der Waals surface area (Å²) in [7, 11) is 0. The lowest BCUT2D eigenvalue weighted by Gasteiger charge is -2.17. The summed E-state index contributed by atoms with van der Waals surface area (Å²) in [5.41, 5.74) is 2.45. The van der Waals surface area contributed by atoms with Crippen LogP contribution in [0.2, 0.25) is 0 Å². The first-order valence-electron chi connectivity index (χ1n) is 9.73. The van der Waals surface area contributed by atoms with Gasteiger partial charge in [0, 0.05) is 52.5 Å². The van der Waals surface area contributed by atoms with Gasteiger partial charge in [0.15, 0.2) is 0 Å². The van der Waals surface area contributed by atoms with Crippen molar-refractivity contribution in [2.75, 3.05) is 12.3 Å². The lowest BCUT2D eigenvalue weighted by Crippen LogP contribution is -2.47. The van der Waals surface area contributed by atoms with E-state index in [0.29, 0.717) is 12.3 Å². The normalized spacial score (nSPS) is 12.2. The van der Waals surface area contributed by atoms with Crippen molar-refractivity contribution in [3.63, 3.8) is 0 Å². The summed E-state index contributed by atoms with van der Waals surface area (Å²) in [6, 6.07) is 14.3. The van der Waals surface area contributed by atoms with E-state index in [0.717, 1.165) is 17.9 Å². The lowest BCUT2D eigenvalue weighted by molar-refractivity contribution is -0.127. The molecule has 1 atom stereocenters. The van der Waals surface area contributed by atoms with Gasteiger partial charge in [-0.1, -0.05) is 25.1 Å². The summed E-state index contributed by atoms with van der Waals surface area (Å²) in [5, 5.41) is 8.08. The van der Waals surface area contributed by atoms with Gasteiger partial charge in [-0.3, -0.25) is 9.59 Å². The third-order valence-corrected chi connectivity index (χ3v) is 5.81. The van der Waals surface area contributed by atoms with Crippen LogP contribution < -0.4 is 10.6 Å². The highest BCUT2D eigenvalue weighted by Gasteiger charge is 2.19. The molecule has 5 nitrogen and oxygen atoms in total. The second kappa shape index (κ2) is 9.15. The molecule has 0 aliphatic carbocycles. The molecule has 28 heavy (non-hydrogen) atoms. The van der Waals surface area contributed by atoms with Crippen molar-refractivity contribution in [3.05, 3.63) is 42.5 Å². The van der Waals surface area contributed by atoms with E-state index >= 15 is 0 Å². The number of nitrogens with one attached hydrogen (secondary N) is 2. The Kier molecular flexibility index (Phi) is 6.62. The number of aromatic nitrogens is 1. The molecule has 0 aliphatic rings. The molecule has 0 saturated heterocycles. The summed E-state index contributed by atoms with van der Waals surface area (Å²) in [5.74, 6) is 0.166. The zero-order chi connectivity index (χ0) is 20.1. The topological polar surface area (TPSA) is 63.1 Å². The molecular weight excluding hydrogens is 370 g/mol. The maximum atomic E-state index is 12.3. The Morgan fingerprint density at radius 2 is 1.82 bits per heavy atom. The standard InChI is InChI=1S/C22H27N3O2S/c1-4-12-23-22(27)19(24-15(3)26)14-28-16-10-11-21-18(13-16)17-8-6-7-9-20(17)25(21)5-2/h6-11,13,19H,4-5,12,14H2,1-3H3,(H,23,27)(H,24,26). The highest BCUT2D eigenvalue weighted by molar-refractivity contribution is 7.99. The van der Waals surface area contributed by atoms with E-state index in [1.54, 1.807) is 11.8 Å². The van der Waals surface area contributed by atoms with E-state index < -0.39 is 6.04 Å². The van der Waals surface area contributed by atoms with Gasteiger partial charge in [-0.2, -0.15) is 0 Å². The highest BCUT2D eigenvalue weighted by atomic mass is 32.2. The molecule has 3 aromatic rings. The van der Waals surface area contributed by atoms with Crippen LogP contribution in [0, 0.1) is 0 Å². The predicted molar refractivity (Wildman–Crippen MR) is 117 cm³/mol. The fourth-order valence-corrected chi connectivity index (χ4v) is 4.40. The fourth-order valence-electron chi connectivity index (χ4n) is 3.44. The number of amides is 2. The minimum atomic E-state index is -0.540. The number of hydrogen-bond acceptors (Lipinski definition) is 3. The number of benzene rings is 2. The van der Waals surface area contributed by atoms with E-state index in [1.807, 2.05) is 6.92 Å². The Balaban J connectivity index is 1.84. The van der Waals surface area contributed by atoms with Crippen LogP contribution in [0.5, 0.6) is 0 Å². The Labute approximate surface area is 169 Å². The molecule has 0 spiro atoms. The zero-order valence-electron chi connectivity index (χ0n) is 16.6. The Morgan fingerprint density at radius 3 is 2.54 bits per heavy atom. The van der Waals surface area contributed by atoms with Crippen molar-refractivity contribution < 1.29 is 9.59 Å². The van der Waals surface area contributed by atoms with E-state index in [1.165, 1.54) is 28.7 Å². The zero-order valence-corrected chi connectivity index (χ0v) is 17.4. The van der Waals surface area contributed by atoms with Crippen molar-refractivity contribution in [2.45, 2.75) is 44.7 Å². The number of thioether (sulfide) groups is 1. The molecule has 148 valence electrons. The van der Waals surface area contributed by atoms with Gasteiger partial charge in [0.1, 0.15) is 6.04 Å². The Morgan fingerprint density at radius 1 is 1.07 bits per heavy atom. The summed E-state index contributed by atoms with van der Waals surface area (Å²) in [6.45, 7) is 7.13. The molecule has 1 unspecified atom stereocenters. The molecule has 0 saturated carbocycles. The van der Waals surface area contributed by atoms with Gasteiger partial charge in [-0.25, -0.2) is 0 Å². The highest BCUT2D eigenvalue weighted by Crippen LogP contribution is 2.32. The monoisotopic (exact) mass is 397 g/mol.